The Labute approximate surface area is 205 Å². The molecule has 0 saturated heterocycles. The van der Waals surface area contributed by atoms with Gasteiger partial charge >= 0.3 is 0 Å². The Balaban J connectivity index is 0.00000150. The molecule has 29 heavy (non-hydrogen) atoms. The van der Waals surface area contributed by atoms with Crippen LogP contribution < -0.4 is 0 Å². The predicted molar refractivity (Wildman–Crippen MR) is 130 cm³/mol. The zero-order valence-electron chi connectivity index (χ0n) is 15.9. The molecule has 0 fully saturated rings. The Hall–Kier alpha value is 0.1000. The van der Waals surface area contributed by atoms with Gasteiger partial charge in [0.15, 0.2) is 0 Å². The lowest BCUT2D eigenvalue weighted by molar-refractivity contribution is 0.207. The van der Waals surface area contributed by atoms with Crippen LogP contribution in [0.4, 0.5) is 0 Å². The topological polar surface area (TPSA) is 6.48 Å². The van der Waals surface area contributed by atoms with E-state index in [0.29, 0.717) is 10.0 Å². The van der Waals surface area contributed by atoms with Crippen molar-refractivity contribution in [3.05, 3.63) is 66.6 Å². The Kier molecular flexibility index (Phi) is 9.72. The monoisotopic (exact) mass is 514 g/mol. The van der Waals surface area contributed by atoms with Crippen molar-refractivity contribution in [2.45, 2.75) is 32.4 Å². The molecule has 0 radical (unpaired) electrons. The standard InChI is InChI=1S/C21H22Cl4N2.2ClH/c22-18-4-2-14-6-10-26(12-16(14)20(18)24)8-1-9-27-11-7-15-3-5-19(23)21(25)17(15)13-27;;/h2-5H,1,6-13H2;2*1H. The van der Waals surface area contributed by atoms with E-state index in [-0.39, 0.29) is 24.8 Å². The molecule has 0 unspecified atom stereocenters. The van der Waals surface area contributed by atoms with E-state index in [1.807, 2.05) is 12.1 Å². The summed E-state index contributed by atoms with van der Waals surface area (Å²) in [5.74, 6) is 0. The lowest BCUT2D eigenvalue weighted by Crippen LogP contribution is -2.35. The molecule has 0 amide bonds. The second kappa shape index (κ2) is 11.1. The first-order valence-electron chi connectivity index (χ1n) is 9.39. The summed E-state index contributed by atoms with van der Waals surface area (Å²) < 4.78 is 0. The molecule has 0 spiro atoms. The van der Waals surface area contributed by atoms with E-state index < -0.39 is 0 Å². The third-order valence-electron chi connectivity index (χ3n) is 5.69. The molecule has 4 rings (SSSR count). The quantitative estimate of drug-likeness (QED) is 0.434. The molecule has 2 heterocycles. The maximum atomic E-state index is 6.42. The highest BCUT2D eigenvalue weighted by Gasteiger charge is 2.22. The van der Waals surface area contributed by atoms with Crippen molar-refractivity contribution in [2.24, 2.45) is 0 Å². The van der Waals surface area contributed by atoms with Gasteiger partial charge in [-0.3, -0.25) is 9.80 Å². The lowest BCUT2D eigenvalue weighted by Gasteiger charge is -2.32. The summed E-state index contributed by atoms with van der Waals surface area (Å²) in [6.07, 6.45) is 3.20. The lowest BCUT2D eigenvalue weighted by atomic mass is 9.99. The molecule has 2 aliphatic heterocycles. The van der Waals surface area contributed by atoms with Gasteiger partial charge in [0, 0.05) is 26.2 Å². The van der Waals surface area contributed by atoms with Gasteiger partial charge in [-0.15, -0.1) is 24.8 Å². The number of fused-ring (bicyclic) bond motifs is 2. The first-order chi connectivity index (χ1) is 13.0. The van der Waals surface area contributed by atoms with Crippen molar-refractivity contribution < 1.29 is 0 Å². The maximum Gasteiger partial charge on any atom is 0.0640 e. The average Bonchev–Trinajstić information content (AvgIpc) is 2.68. The number of nitrogens with zero attached hydrogens (tertiary/aromatic N) is 2. The van der Waals surface area contributed by atoms with Crippen LogP contribution in [0, 0.1) is 0 Å². The highest BCUT2D eigenvalue weighted by molar-refractivity contribution is 6.43. The number of benzene rings is 2. The van der Waals surface area contributed by atoms with Gasteiger partial charge in [-0.1, -0.05) is 58.5 Å². The summed E-state index contributed by atoms with van der Waals surface area (Å²) in [5, 5.41) is 2.75. The minimum atomic E-state index is 0. The Morgan fingerprint density at radius 3 is 1.48 bits per heavy atom. The molecule has 0 aliphatic carbocycles. The van der Waals surface area contributed by atoms with Crippen LogP contribution in [0.1, 0.15) is 28.7 Å². The molecule has 160 valence electrons. The summed E-state index contributed by atoms with van der Waals surface area (Å²) >= 11 is 25.2. The van der Waals surface area contributed by atoms with Gasteiger partial charge in [-0.25, -0.2) is 0 Å². The molecule has 2 aromatic carbocycles. The first-order valence-corrected chi connectivity index (χ1v) is 10.9. The van der Waals surface area contributed by atoms with Crippen LogP contribution >= 0.6 is 71.2 Å². The van der Waals surface area contributed by atoms with Crippen LogP contribution in [0.3, 0.4) is 0 Å². The largest absolute Gasteiger partial charge is 0.299 e. The van der Waals surface area contributed by atoms with E-state index in [1.54, 1.807) is 0 Å². The van der Waals surface area contributed by atoms with Crippen molar-refractivity contribution in [2.75, 3.05) is 26.2 Å². The van der Waals surface area contributed by atoms with E-state index >= 15 is 0 Å². The van der Waals surface area contributed by atoms with Gasteiger partial charge in [0.25, 0.3) is 0 Å². The van der Waals surface area contributed by atoms with Crippen LogP contribution in [-0.4, -0.2) is 36.0 Å². The van der Waals surface area contributed by atoms with Gasteiger partial charge in [0.2, 0.25) is 0 Å². The van der Waals surface area contributed by atoms with Crippen molar-refractivity contribution in [3.8, 4) is 0 Å². The zero-order valence-corrected chi connectivity index (χ0v) is 20.6. The maximum absolute atomic E-state index is 6.42. The fourth-order valence-corrected chi connectivity index (χ4v) is 4.98. The Morgan fingerprint density at radius 2 is 1.07 bits per heavy atom. The summed E-state index contributed by atoms with van der Waals surface area (Å²) in [5.41, 5.74) is 5.06. The fraction of sp³-hybridized carbons (Fsp3) is 0.429. The number of rotatable bonds is 4. The van der Waals surface area contributed by atoms with Crippen LogP contribution in [-0.2, 0) is 25.9 Å². The highest BCUT2D eigenvalue weighted by Crippen LogP contribution is 2.33. The minimum Gasteiger partial charge on any atom is -0.299 e. The third-order valence-corrected chi connectivity index (χ3v) is 7.38. The molecule has 2 aromatic rings. The minimum absolute atomic E-state index is 0. The van der Waals surface area contributed by atoms with Crippen LogP contribution in [0.5, 0.6) is 0 Å². The molecule has 2 aliphatic rings. The Morgan fingerprint density at radius 1 is 0.655 bits per heavy atom. The summed E-state index contributed by atoms with van der Waals surface area (Å²) in [6, 6.07) is 8.04. The highest BCUT2D eigenvalue weighted by atomic mass is 35.5. The fourth-order valence-electron chi connectivity index (χ4n) is 4.14. The number of hydrogen-bond acceptors (Lipinski definition) is 2. The molecule has 8 heteroatoms. The summed E-state index contributed by atoms with van der Waals surface area (Å²) in [6.45, 7) is 6.06. The van der Waals surface area contributed by atoms with E-state index in [2.05, 4.69) is 21.9 Å². The molecule has 0 atom stereocenters. The second-order valence-corrected chi connectivity index (χ2v) is 8.97. The van der Waals surface area contributed by atoms with Gasteiger partial charge in [-0.05, 0) is 66.7 Å². The van der Waals surface area contributed by atoms with E-state index in [9.17, 15) is 0 Å². The van der Waals surface area contributed by atoms with Crippen molar-refractivity contribution in [3.63, 3.8) is 0 Å². The molecule has 0 N–H and O–H groups in total. The molecule has 0 bridgehead atoms. The van der Waals surface area contributed by atoms with Crippen LogP contribution in [0.2, 0.25) is 20.1 Å². The molecule has 0 saturated carbocycles. The third kappa shape index (κ3) is 5.67. The smallest absolute Gasteiger partial charge is 0.0640 e. The molecular formula is C21H24Cl6N2. The van der Waals surface area contributed by atoms with E-state index in [1.165, 1.54) is 22.3 Å². The van der Waals surface area contributed by atoms with Crippen molar-refractivity contribution in [1.29, 1.82) is 0 Å². The summed E-state index contributed by atoms with van der Waals surface area (Å²) in [7, 11) is 0. The van der Waals surface area contributed by atoms with Gasteiger partial charge < -0.3 is 0 Å². The molecule has 2 nitrogen and oxygen atoms in total. The van der Waals surface area contributed by atoms with Gasteiger partial charge in [-0.2, -0.15) is 0 Å². The predicted octanol–water partition coefficient (Wildman–Crippen LogP) is 6.95. The normalized spacial score (nSPS) is 16.4. The molecular weight excluding hydrogens is 493 g/mol. The van der Waals surface area contributed by atoms with Crippen molar-refractivity contribution >= 4 is 71.2 Å². The second-order valence-electron chi connectivity index (χ2n) is 7.40. The molecule has 0 aromatic heterocycles. The number of halogens is 6. The van der Waals surface area contributed by atoms with Crippen LogP contribution in [0.15, 0.2) is 24.3 Å². The van der Waals surface area contributed by atoms with E-state index in [0.717, 1.165) is 68.6 Å². The summed E-state index contributed by atoms with van der Waals surface area (Å²) in [4.78, 5) is 4.96. The van der Waals surface area contributed by atoms with Crippen LogP contribution in [0.25, 0.3) is 0 Å². The Bertz CT molecular complexity index is 788. The number of hydrogen-bond donors (Lipinski definition) is 0. The SMILES string of the molecule is Cl.Cl.Clc1ccc2c(c1Cl)CN(CCCN1CCc3ccc(Cl)c(Cl)c3C1)CC2. The first kappa shape index (κ1) is 25.4. The van der Waals surface area contributed by atoms with Gasteiger partial charge in [0.1, 0.15) is 0 Å². The van der Waals surface area contributed by atoms with E-state index in [4.69, 9.17) is 46.4 Å². The van der Waals surface area contributed by atoms with Crippen molar-refractivity contribution in [1.82, 2.24) is 9.80 Å². The van der Waals surface area contributed by atoms with Gasteiger partial charge in [0.05, 0.1) is 20.1 Å². The zero-order chi connectivity index (χ0) is 19.0. The average molecular weight is 517 g/mol.